The van der Waals surface area contributed by atoms with Crippen molar-refractivity contribution in [2.24, 2.45) is 0 Å². The van der Waals surface area contributed by atoms with Gasteiger partial charge in [0.2, 0.25) is 11.8 Å². The molecule has 40 heavy (non-hydrogen) atoms. The number of fused-ring (bicyclic) bond motifs is 1. The molecule has 1 saturated heterocycles. The summed E-state index contributed by atoms with van der Waals surface area (Å²) in [7, 11) is 0. The number of benzene rings is 2. The Balaban J connectivity index is 1.52. The molecular weight excluding hydrogens is 541 g/mol. The van der Waals surface area contributed by atoms with E-state index in [1.54, 1.807) is 28.0 Å². The van der Waals surface area contributed by atoms with E-state index in [9.17, 15) is 9.59 Å². The highest BCUT2D eigenvalue weighted by atomic mass is 32.2. The number of carbonyl (C=O) groups is 2. The predicted octanol–water partition coefficient (Wildman–Crippen LogP) is 5.68. The van der Waals surface area contributed by atoms with Crippen LogP contribution < -0.4 is 10.2 Å². The van der Waals surface area contributed by atoms with E-state index in [1.807, 2.05) is 35.0 Å². The molecule has 1 N–H and O–H groups in total. The SMILES string of the molecule is Cc1ccc(-n2nc(-c3ccccc3)c3c2N(CC(=O)NC[C@H]2CCCO2)C(=O)CS[C@H]3c2cccs2)c(C)c1. The number of rotatable bonds is 7. The van der Waals surface area contributed by atoms with Crippen molar-refractivity contribution in [2.45, 2.75) is 38.0 Å². The van der Waals surface area contributed by atoms with Crippen molar-refractivity contribution in [3.05, 3.63) is 87.6 Å². The van der Waals surface area contributed by atoms with Gasteiger partial charge in [-0.25, -0.2) is 4.68 Å². The van der Waals surface area contributed by atoms with Crippen molar-refractivity contribution in [1.82, 2.24) is 15.1 Å². The van der Waals surface area contributed by atoms with Crippen LogP contribution in [0, 0.1) is 13.8 Å². The molecule has 2 aliphatic rings. The third kappa shape index (κ3) is 5.33. The summed E-state index contributed by atoms with van der Waals surface area (Å²) >= 11 is 3.27. The Morgan fingerprint density at radius 3 is 2.70 bits per heavy atom. The summed E-state index contributed by atoms with van der Waals surface area (Å²) in [6.07, 6.45) is 1.97. The maximum absolute atomic E-state index is 13.8. The summed E-state index contributed by atoms with van der Waals surface area (Å²) in [4.78, 5) is 29.9. The molecule has 0 unspecified atom stereocenters. The lowest BCUT2D eigenvalue weighted by molar-refractivity contribution is -0.123. The molecular formula is C31H32N4O3S2. The molecule has 0 bridgehead atoms. The number of hydrogen-bond acceptors (Lipinski definition) is 6. The fourth-order valence-electron chi connectivity index (χ4n) is 5.44. The predicted molar refractivity (Wildman–Crippen MR) is 161 cm³/mol. The molecule has 0 radical (unpaired) electrons. The Morgan fingerprint density at radius 2 is 1.98 bits per heavy atom. The van der Waals surface area contributed by atoms with Gasteiger partial charge in [-0.1, -0.05) is 54.1 Å². The van der Waals surface area contributed by atoms with E-state index < -0.39 is 0 Å². The quantitative estimate of drug-likeness (QED) is 0.308. The monoisotopic (exact) mass is 572 g/mol. The number of aryl methyl sites for hydroxylation is 2. The molecule has 2 atom stereocenters. The smallest absolute Gasteiger partial charge is 0.240 e. The maximum Gasteiger partial charge on any atom is 0.240 e. The lowest BCUT2D eigenvalue weighted by Crippen LogP contribution is -2.44. The van der Waals surface area contributed by atoms with Crippen LogP contribution in [0.25, 0.3) is 16.9 Å². The summed E-state index contributed by atoms with van der Waals surface area (Å²) in [5.41, 5.74) is 5.83. The van der Waals surface area contributed by atoms with Gasteiger partial charge in [-0.15, -0.1) is 23.1 Å². The summed E-state index contributed by atoms with van der Waals surface area (Å²) in [5, 5.41) is 10.2. The number of aromatic nitrogens is 2. The van der Waals surface area contributed by atoms with Crippen LogP contribution in [0.2, 0.25) is 0 Å². The fourth-order valence-corrected chi connectivity index (χ4v) is 7.61. The lowest BCUT2D eigenvalue weighted by Gasteiger charge is -2.24. The number of amides is 2. The van der Waals surface area contributed by atoms with Gasteiger partial charge in [0.1, 0.15) is 12.4 Å². The topological polar surface area (TPSA) is 76.5 Å². The molecule has 4 heterocycles. The van der Waals surface area contributed by atoms with E-state index in [4.69, 9.17) is 9.84 Å². The van der Waals surface area contributed by atoms with Crippen LogP contribution in [-0.4, -0.2) is 53.1 Å². The molecule has 0 aliphatic carbocycles. The van der Waals surface area contributed by atoms with Crippen LogP contribution >= 0.6 is 23.1 Å². The maximum atomic E-state index is 13.8. The largest absolute Gasteiger partial charge is 0.376 e. The molecule has 4 aromatic rings. The second kappa shape index (κ2) is 11.6. The highest BCUT2D eigenvalue weighted by Crippen LogP contribution is 2.49. The lowest BCUT2D eigenvalue weighted by atomic mass is 10.0. The highest BCUT2D eigenvalue weighted by molar-refractivity contribution is 8.00. The zero-order chi connectivity index (χ0) is 27.6. The van der Waals surface area contributed by atoms with Crippen molar-refractivity contribution in [2.75, 3.05) is 30.3 Å². The summed E-state index contributed by atoms with van der Waals surface area (Å²) in [5.74, 6) is 0.607. The first-order chi connectivity index (χ1) is 19.5. The number of thioether (sulfide) groups is 1. The van der Waals surface area contributed by atoms with Gasteiger partial charge in [0, 0.05) is 29.2 Å². The first-order valence-electron chi connectivity index (χ1n) is 13.6. The first kappa shape index (κ1) is 26.8. The van der Waals surface area contributed by atoms with Crippen LogP contribution in [-0.2, 0) is 14.3 Å². The van der Waals surface area contributed by atoms with Crippen LogP contribution in [0.1, 0.15) is 39.7 Å². The summed E-state index contributed by atoms with van der Waals surface area (Å²) < 4.78 is 7.57. The molecule has 7 nitrogen and oxygen atoms in total. The van der Waals surface area contributed by atoms with Gasteiger partial charge >= 0.3 is 0 Å². The Hall–Kier alpha value is -3.40. The molecule has 2 aromatic heterocycles. The molecule has 0 spiro atoms. The van der Waals surface area contributed by atoms with Crippen LogP contribution in [0.3, 0.4) is 0 Å². The summed E-state index contributed by atoms with van der Waals surface area (Å²) in [6.45, 7) is 5.22. The number of hydrogen-bond donors (Lipinski definition) is 1. The van der Waals surface area contributed by atoms with Gasteiger partial charge in [0.05, 0.1) is 28.5 Å². The van der Waals surface area contributed by atoms with Crippen LogP contribution in [0.4, 0.5) is 5.82 Å². The molecule has 206 valence electrons. The van der Waals surface area contributed by atoms with Crippen molar-refractivity contribution in [3.63, 3.8) is 0 Å². The van der Waals surface area contributed by atoms with Crippen molar-refractivity contribution in [1.29, 1.82) is 0 Å². The number of nitrogens with one attached hydrogen (secondary N) is 1. The van der Waals surface area contributed by atoms with E-state index in [2.05, 4.69) is 54.9 Å². The molecule has 1 fully saturated rings. The minimum atomic E-state index is -0.205. The summed E-state index contributed by atoms with van der Waals surface area (Å²) in [6, 6.07) is 20.5. The van der Waals surface area contributed by atoms with Crippen molar-refractivity contribution >= 4 is 40.7 Å². The average Bonchev–Trinajstić information content (AvgIpc) is 3.72. The Kier molecular flexibility index (Phi) is 7.78. The van der Waals surface area contributed by atoms with E-state index in [0.29, 0.717) is 12.4 Å². The van der Waals surface area contributed by atoms with E-state index in [1.165, 1.54) is 0 Å². The van der Waals surface area contributed by atoms with Crippen molar-refractivity contribution < 1.29 is 14.3 Å². The molecule has 6 rings (SSSR count). The van der Waals surface area contributed by atoms with Crippen LogP contribution in [0.5, 0.6) is 0 Å². The number of carbonyl (C=O) groups excluding carboxylic acids is 2. The average molecular weight is 573 g/mol. The van der Waals surface area contributed by atoms with Gasteiger partial charge in [0.25, 0.3) is 0 Å². The number of anilines is 1. The second-order valence-electron chi connectivity index (χ2n) is 10.3. The van der Waals surface area contributed by atoms with E-state index in [-0.39, 0.29) is 35.5 Å². The Labute approximate surface area is 242 Å². The van der Waals surface area contributed by atoms with Crippen molar-refractivity contribution in [3.8, 4) is 16.9 Å². The molecule has 2 aromatic carbocycles. The second-order valence-corrected chi connectivity index (χ2v) is 12.4. The zero-order valence-corrected chi connectivity index (χ0v) is 24.3. The fraction of sp³-hybridized carbons (Fsp3) is 0.323. The van der Waals surface area contributed by atoms with Gasteiger partial charge in [-0.3, -0.25) is 14.5 Å². The number of nitrogens with zero attached hydrogens (tertiary/aromatic N) is 3. The number of thiophene rings is 1. The third-order valence-corrected chi connectivity index (χ3v) is 9.69. The molecule has 9 heteroatoms. The normalized spacial score (nSPS) is 18.9. The first-order valence-corrected chi connectivity index (χ1v) is 15.5. The third-order valence-electron chi connectivity index (χ3n) is 7.37. The van der Waals surface area contributed by atoms with E-state index >= 15 is 0 Å². The zero-order valence-electron chi connectivity index (χ0n) is 22.6. The molecule has 2 amide bonds. The van der Waals surface area contributed by atoms with Gasteiger partial charge in [-0.05, 0) is 49.8 Å². The highest BCUT2D eigenvalue weighted by Gasteiger charge is 2.38. The number of ether oxygens (including phenoxy) is 1. The van der Waals surface area contributed by atoms with Crippen LogP contribution in [0.15, 0.2) is 66.0 Å². The molecule has 2 aliphatic heterocycles. The molecule has 0 saturated carbocycles. The van der Waals surface area contributed by atoms with E-state index in [0.717, 1.165) is 58.0 Å². The Morgan fingerprint density at radius 1 is 1.12 bits per heavy atom. The van der Waals surface area contributed by atoms with Gasteiger partial charge < -0.3 is 10.1 Å². The van der Waals surface area contributed by atoms with Gasteiger partial charge in [-0.2, -0.15) is 5.10 Å². The Bertz CT molecular complexity index is 1510. The standard InChI is InChI=1S/C31H32N4O3S2/c1-20-12-13-24(21(2)16-20)35-31-28(29(33-35)22-8-4-3-5-9-22)30(25-11-7-15-39-25)40-19-27(37)34(31)18-26(36)32-17-23-10-6-14-38-23/h3-5,7-9,11-13,15-16,23,30H,6,10,14,17-19H2,1-2H3,(H,32,36)/t23-,30+/m1/s1. The minimum absolute atomic E-state index is 0.0310. The minimum Gasteiger partial charge on any atom is -0.376 e. The van der Waals surface area contributed by atoms with Gasteiger partial charge in [0.15, 0.2) is 0 Å².